The van der Waals surface area contributed by atoms with Crippen LogP contribution < -0.4 is 5.32 Å². The van der Waals surface area contributed by atoms with Gasteiger partial charge in [0.15, 0.2) is 5.78 Å². The van der Waals surface area contributed by atoms with Crippen LogP contribution in [0.5, 0.6) is 0 Å². The molecule has 0 aliphatic rings. The molecule has 0 spiro atoms. The van der Waals surface area contributed by atoms with Crippen LogP contribution in [-0.2, 0) is 4.79 Å². The first kappa shape index (κ1) is 18.6. The summed E-state index contributed by atoms with van der Waals surface area (Å²) in [6, 6.07) is -0.0363. The van der Waals surface area contributed by atoms with Gasteiger partial charge in [0.25, 0.3) is 0 Å². The van der Waals surface area contributed by atoms with E-state index in [1.165, 1.54) is 0 Å². The number of hydrogen-bond acceptors (Lipinski definition) is 2. The van der Waals surface area contributed by atoms with Crippen LogP contribution in [-0.4, -0.2) is 17.4 Å². The zero-order chi connectivity index (χ0) is 15.5. The van der Waals surface area contributed by atoms with Crippen molar-refractivity contribution in [2.75, 3.05) is 0 Å². The molecule has 0 aromatic rings. The lowest BCUT2D eigenvalue weighted by molar-refractivity contribution is -0.129. The van der Waals surface area contributed by atoms with Gasteiger partial charge in [-0.15, -0.1) is 0 Å². The van der Waals surface area contributed by atoms with Crippen LogP contribution in [0.3, 0.4) is 0 Å². The van der Waals surface area contributed by atoms with Crippen LogP contribution in [0, 0.1) is 10.8 Å². The number of Topliss-reactive ketones (excluding diaryl/α,β-unsaturated/α-hetero) is 1. The van der Waals surface area contributed by atoms with Crippen LogP contribution in [0.4, 0.5) is 0 Å². The van der Waals surface area contributed by atoms with E-state index in [4.69, 9.17) is 0 Å². The molecule has 1 unspecified atom stereocenters. The second-order valence-corrected chi connectivity index (χ2v) is 8.62. The van der Waals surface area contributed by atoms with E-state index in [0.717, 1.165) is 19.3 Å². The Morgan fingerprint density at radius 2 is 1.47 bits per heavy atom. The summed E-state index contributed by atoms with van der Waals surface area (Å²) < 4.78 is 0. The SMILES string of the molecule is CCC(C)(C)CCC(NC(C)(C)C)C(=O)C(C)(C)C. The highest BCUT2D eigenvalue weighted by Gasteiger charge is 2.32. The van der Waals surface area contributed by atoms with Crippen LogP contribution >= 0.6 is 0 Å². The number of carbonyl (C=O) groups is 1. The van der Waals surface area contributed by atoms with Crippen molar-refractivity contribution in [3.05, 3.63) is 0 Å². The van der Waals surface area contributed by atoms with Gasteiger partial charge in [-0.05, 0) is 39.0 Å². The number of hydrogen-bond donors (Lipinski definition) is 1. The standard InChI is InChI=1S/C17H35NO/c1-10-17(8,9)12-11-13(18-16(5,6)7)14(19)15(2,3)4/h13,18H,10-12H2,1-9H3. The van der Waals surface area contributed by atoms with Gasteiger partial charge in [-0.1, -0.05) is 48.0 Å². The summed E-state index contributed by atoms with van der Waals surface area (Å²) in [5, 5.41) is 3.51. The smallest absolute Gasteiger partial charge is 0.155 e. The molecule has 0 bridgehead atoms. The lowest BCUT2D eigenvalue weighted by Crippen LogP contribution is -2.51. The Bertz CT molecular complexity index is 291. The largest absolute Gasteiger partial charge is 0.303 e. The molecule has 2 nitrogen and oxygen atoms in total. The third kappa shape index (κ3) is 7.71. The lowest BCUT2D eigenvalue weighted by atomic mass is 9.79. The number of nitrogens with one attached hydrogen (secondary N) is 1. The second-order valence-electron chi connectivity index (χ2n) is 8.62. The predicted molar refractivity (Wildman–Crippen MR) is 84.4 cm³/mol. The minimum absolute atomic E-state index is 0.0259. The van der Waals surface area contributed by atoms with E-state index in [1.54, 1.807) is 0 Å². The van der Waals surface area contributed by atoms with Gasteiger partial charge < -0.3 is 5.32 Å². The Morgan fingerprint density at radius 3 is 1.79 bits per heavy atom. The van der Waals surface area contributed by atoms with Gasteiger partial charge >= 0.3 is 0 Å². The quantitative estimate of drug-likeness (QED) is 0.765. The van der Waals surface area contributed by atoms with E-state index in [1.807, 2.05) is 20.8 Å². The normalized spacial score (nSPS) is 15.4. The van der Waals surface area contributed by atoms with Crippen molar-refractivity contribution in [3.8, 4) is 0 Å². The summed E-state index contributed by atoms with van der Waals surface area (Å²) in [6.07, 6.45) is 3.16. The van der Waals surface area contributed by atoms with Crippen molar-refractivity contribution in [2.45, 2.75) is 93.2 Å². The van der Waals surface area contributed by atoms with Crippen LogP contribution in [0.25, 0.3) is 0 Å². The summed E-state index contributed by atoms with van der Waals surface area (Å²) in [6.45, 7) is 19.2. The van der Waals surface area contributed by atoms with E-state index < -0.39 is 0 Å². The summed E-state index contributed by atoms with van der Waals surface area (Å²) in [5.74, 6) is 0.328. The van der Waals surface area contributed by atoms with E-state index in [0.29, 0.717) is 11.2 Å². The van der Waals surface area contributed by atoms with Crippen LogP contribution in [0.1, 0.15) is 81.6 Å². The second kappa shape index (κ2) is 6.39. The summed E-state index contributed by atoms with van der Waals surface area (Å²) in [4.78, 5) is 12.6. The third-order valence-corrected chi connectivity index (χ3v) is 3.73. The van der Waals surface area contributed by atoms with Crippen LogP contribution in [0.15, 0.2) is 0 Å². The number of ketones is 1. The first-order valence-electron chi connectivity index (χ1n) is 7.60. The Hall–Kier alpha value is -0.370. The molecule has 0 aliphatic carbocycles. The summed E-state index contributed by atoms with van der Waals surface area (Å²) in [5.41, 5.74) is 0.0111. The first-order valence-corrected chi connectivity index (χ1v) is 7.60. The molecular formula is C17H35NO. The topological polar surface area (TPSA) is 29.1 Å². The van der Waals surface area contributed by atoms with Crippen molar-refractivity contribution in [1.29, 1.82) is 0 Å². The molecule has 0 rings (SSSR count). The summed E-state index contributed by atoms with van der Waals surface area (Å²) in [7, 11) is 0. The van der Waals surface area contributed by atoms with E-state index in [2.05, 4.69) is 46.9 Å². The molecule has 1 atom stereocenters. The van der Waals surface area contributed by atoms with Gasteiger partial charge in [0.05, 0.1) is 6.04 Å². The average molecular weight is 269 g/mol. The molecule has 2 heteroatoms. The maximum absolute atomic E-state index is 12.6. The molecule has 0 heterocycles. The Labute approximate surface area is 120 Å². The van der Waals surface area contributed by atoms with Gasteiger partial charge in [0.2, 0.25) is 0 Å². The molecule has 0 aliphatic heterocycles. The van der Waals surface area contributed by atoms with Crippen molar-refractivity contribution in [2.24, 2.45) is 10.8 Å². The third-order valence-electron chi connectivity index (χ3n) is 3.73. The summed E-state index contributed by atoms with van der Waals surface area (Å²) >= 11 is 0. The van der Waals surface area contributed by atoms with Gasteiger partial charge in [0.1, 0.15) is 0 Å². The molecule has 1 N–H and O–H groups in total. The molecule has 0 aromatic carbocycles. The fourth-order valence-corrected chi connectivity index (χ4v) is 2.03. The number of rotatable bonds is 6. The minimum atomic E-state index is -0.278. The highest BCUT2D eigenvalue weighted by molar-refractivity contribution is 5.88. The average Bonchev–Trinajstić information content (AvgIpc) is 2.20. The minimum Gasteiger partial charge on any atom is -0.303 e. The van der Waals surface area contributed by atoms with Crippen LogP contribution in [0.2, 0.25) is 0 Å². The molecule has 0 radical (unpaired) electrons. The van der Waals surface area contributed by atoms with Gasteiger partial charge in [-0.2, -0.15) is 0 Å². The van der Waals surface area contributed by atoms with E-state index >= 15 is 0 Å². The van der Waals surface area contributed by atoms with E-state index in [-0.39, 0.29) is 17.0 Å². The molecule has 0 amide bonds. The van der Waals surface area contributed by atoms with E-state index in [9.17, 15) is 4.79 Å². The van der Waals surface area contributed by atoms with Gasteiger partial charge in [0, 0.05) is 11.0 Å². The molecule has 0 fully saturated rings. The highest BCUT2D eigenvalue weighted by Crippen LogP contribution is 2.29. The van der Waals surface area contributed by atoms with Crippen molar-refractivity contribution in [1.82, 2.24) is 5.32 Å². The maximum atomic E-state index is 12.6. The maximum Gasteiger partial charge on any atom is 0.155 e. The molecule has 0 saturated carbocycles. The Morgan fingerprint density at radius 1 is 1.00 bits per heavy atom. The lowest BCUT2D eigenvalue weighted by Gasteiger charge is -2.34. The highest BCUT2D eigenvalue weighted by atomic mass is 16.1. The Kier molecular flexibility index (Phi) is 6.26. The zero-order valence-corrected chi connectivity index (χ0v) is 14.6. The van der Waals surface area contributed by atoms with Crippen molar-refractivity contribution >= 4 is 5.78 Å². The molecule has 114 valence electrons. The Balaban J connectivity index is 4.84. The number of carbonyl (C=O) groups excluding carboxylic acids is 1. The molecule has 0 aromatic heterocycles. The van der Waals surface area contributed by atoms with Gasteiger partial charge in [-0.3, -0.25) is 4.79 Å². The molecule has 19 heavy (non-hydrogen) atoms. The fraction of sp³-hybridized carbons (Fsp3) is 0.941. The first-order chi connectivity index (χ1) is 8.28. The monoisotopic (exact) mass is 269 g/mol. The van der Waals surface area contributed by atoms with Crippen molar-refractivity contribution in [3.63, 3.8) is 0 Å². The predicted octanol–water partition coefficient (Wildman–Crippen LogP) is 4.57. The molecule has 0 saturated heterocycles. The van der Waals surface area contributed by atoms with Crippen molar-refractivity contribution < 1.29 is 4.79 Å². The van der Waals surface area contributed by atoms with Gasteiger partial charge in [-0.25, -0.2) is 0 Å². The zero-order valence-electron chi connectivity index (χ0n) is 14.6. The fourth-order valence-electron chi connectivity index (χ4n) is 2.03. The molecular weight excluding hydrogens is 234 g/mol.